The summed E-state index contributed by atoms with van der Waals surface area (Å²) in [6.45, 7) is 3.02. The topological polar surface area (TPSA) is 37.4 Å². The van der Waals surface area contributed by atoms with Gasteiger partial charge in [0.15, 0.2) is 0 Å². The van der Waals surface area contributed by atoms with Crippen molar-refractivity contribution in [2.24, 2.45) is 0 Å². The van der Waals surface area contributed by atoms with Gasteiger partial charge in [-0.2, -0.15) is 26.3 Å². The third-order valence-corrected chi connectivity index (χ3v) is 4.38. The fourth-order valence-corrected chi connectivity index (χ4v) is 2.88. The van der Waals surface area contributed by atoms with Crippen LogP contribution in [0.2, 0.25) is 0 Å². The lowest BCUT2D eigenvalue weighted by Gasteiger charge is -2.25. The van der Waals surface area contributed by atoms with Crippen molar-refractivity contribution in [2.45, 2.75) is 38.7 Å². The Morgan fingerprint density at radius 2 is 1.52 bits per heavy atom. The number of nitrogens with zero attached hydrogens (tertiary/aromatic N) is 1. The highest BCUT2D eigenvalue weighted by molar-refractivity contribution is 6.01. The van der Waals surface area contributed by atoms with Gasteiger partial charge in [-0.3, -0.25) is 14.5 Å². The van der Waals surface area contributed by atoms with Crippen molar-refractivity contribution in [1.29, 1.82) is 0 Å². The predicted octanol–water partition coefficient (Wildman–Crippen LogP) is 5.26. The van der Waals surface area contributed by atoms with Crippen molar-refractivity contribution >= 4 is 12.3 Å². The van der Waals surface area contributed by atoms with Crippen LogP contribution < -0.4 is 0 Å². The van der Waals surface area contributed by atoms with Gasteiger partial charge in [0, 0.05) is 11.6 Å². The summed E-state index contributed by atoms with van der Waals surface area (Å²) in [5, 5.41) is 0. The molecule has 0 aliphatic heterocycles. The van der Waals surface area contributed by atoms with E-state index in [1.54, 1.807) is 25.1 Å². The lowest BCUT2D eigenvalue weighted by atomic mass is 9.99. The Kier molecular flexibility index (Phi) is 6.40. The second-order valence-electron chi connectivity index (χ2n) is 6.60. The van der Waals surface area contributed by atoms with Gasteiger partial charge < -0.3 is 0 Å². The summed E-state index contributed by atoms with van der Waals surface area (Å²) in [6.07, 6.45) is -10.1. The molecule has 0 spiro atoms. The Hall–Kier alpha value is -2.84. The van der Waals surface area contributed by atoms with E-state index >= 15 is 0 Å². The van der Waals surface area contributed by atoms with Crippen molar-refractivity contribution in [3.05, 3.63) is 70.3 Å². The number of hydrogen-bond acceptors (Lipinski definition) is 2. The first-order valence-corrected chi connectivity index (χ1v) is 8.46. The zero-order valence-corrected chi connectivity index (χ0v) is 15.4. The molecule has 0 saturated carbocycles. The Balaban J connectivity index is 2.37. The maximum Gasteiger partial charge on any atom is 0.416 e. The molecule has 2 amide bonds. The molecule has 2 aromatic carbocycles. The van der Waals surface area contributed by atoms with Crippen LogP contribution in [-0.4, -0.2) is 23.3 Å². The van der Waals surface area contributed by atoms with Crippen molar-refractivity contribution in [1.82, 2.24) is 4.90 Å². The van der Waals surface area contributed by atoms with Crippen LogP contribution in [0, 0.1) is 6.92 Å². The number of alkyl halides is 6. The zero-order chi connectivity index (χ0) is 22.0. The van der Waals surface area contributed by atoms with Gasteiger partial charge in [-0.05, 0) is 55.7 Å². The Labute approximate surface area is 162 Å². The maximum atomic E-state index is 13.0. The number of hydrogen-bond donors (Lipinski definition) is 0. The molecular weight excluding hydrogens is 400 g/mol. The smallest absolute Gasteiger partial charge is 0.278 e. The summed E-state index contributed by atoms with van der Waals surface area (Å²) in [4.78, 5) is 24.8. The second-order valence-corrected chi connectivity index (χ2v) is 6.60. The number of aryl methyl sites for hydroxylation is 1. The van der Waals surface area contributed by atoms with Crippen LogP contribution in [-0.2, 0) is 23.6 Å². The third kappa shape index (κ3) is 5.36. The second kappa shape index (κ2) is 8.26. The number of imide groups is 1. The fourth-order valence-electron chi connectivity index (χ4n) is 2.88. The van der Waals surface area contributed by atoms with E-state index in [-0.39, 0.29) is 30.0 Å². The molecule has 0 heterocycles. The van der Waals surface area contributed by atoms with Crippen molar-refractivity contribution < 1.29 is 35.9 Å². The fraction of sp³-hybridized carbons (Fsp3) is 0.300. The van der Waals surface area contributed by atoms with Crippen LogP contribution in [0.25, 0.3) is 0 Å². The highest BCUT2D eigenvalue weighted by atomic mass is 19.4. The first-order chi connectivity index (χ1) is 13.3. The molecule has 0 aromatic heterocycles. The van der Waals surface area contributed by atoms with Gasteiger partial charge in [0.1, 0.15) is 0 Å². The summed E-state index contributed by atoms with van der Waals surface area (Å²) < 4.78 is 78.0. The van der Waals surface area contributed by atoms with Crippen molar-refractivity contribution in [3.63, 3.8) is 0 Å². The minimum absolute atomic E-state index is 0.0319. The predicted molar refractivity (Wildman–Crippen MR) is 93.0 cm³/mol. The summed E-state index contributed by atoms with van der Waals surface area (Å²) in [5.41, 5.74) is -2.39. The molecule has 156 valence electrons. The molecule has 0 fully saturated rings. The van der Waals surface area contributed by atoms with E-state index < -0.39 is 35.4 Å². The molecule has 2 rings (SSSR count). The quantitative estimate of drug-likeness (QED) is 0.492. The molecule has 29 heavy (non-hydrogen) atoms. The van der Waals surface area contributed by atoms with Crippen LogP contribution in [0.5, 0.6) is 0 Å². The monoisotopic (exact) mass is 417 g/mol. The SMILES string of the molecule is Cc1ccccc1C(=O)N(C=O)[C@H](C)Cc1cc(C(F)(F)F)cc(C(F)(F)F)c1. The van der Waals surface area contributed by atoms with E-state index in [2.05, 4.69) is 0 Å². The molecule has 0 saturated heterocycles. The molecule has 0 aliphatic carbocycles. The number of carbonyl (C=O) groups excluding carboxylic acids is 2. The molecular formula is C20H17F6NO2. The highest BCUT2D eigenvalue weighted by Gasteiger charge is 2.37. The number of rotatable bonds is 5. The Morgan fingerprint density at radius 1 is 1.00 bits per heavy atom. The van der Waals surface area contributed by atoms with E-state index in [9.17, 15) is 35.9 Å². The molecule has 0 bridgehead atoms. The summed E-state index contributed by atoms with van der Waals surface area (Å²) in [6, 6.07) is 6.63. The van der Waals surface area contributed by atoms with E-state index in [1.165, 1.54) is 13.0 Å². The van der Waals surface area contributed by atoms with Crippen LogP contribution in [0.1, 0.15) is 39.5 Å². The zero-order valence-electron chi connectivity index (χ0n) is 15.4. The van der Waals surface area contributed by atoms with Gasteiger partial charge in [0.2, 0.25) is 6.41 Å². The van der Waals surface area contributed by atoms with Crippen molar-refractivity contribution in [2.75, 3.05) is 0 Å². The van der Waals surface area contributed by atoms with Gasteiger partial charge in [-0.1, -0.05) is 18.2 Å². The third-order valence-electron chi connectivity index (χ3n) is 4.38. The molecule has 0 unspecified atom stereocenters. The summed E-state index contributed by atoms with van der Waals surface area (Å²) >= 11 is 0. The normalized spacial score (nSPS) is 13.1. The molecule has 2 aromatic rings. The number of amides is 2. The molecule has 9 heteroatoms. The van der Waals surface area contributed by atoms with Gasteiger partial charge in [0.05, 0.1) is 11.1 Å². The van der Waals surface area contributed by atoms with Gasteiger partial charge in [-0.25, -0.2) is 0 Å². The van der Waals surface area contributed by atoms with Crippen LogP contribution in [0.3, 0.4) is 0 Å². The molecule has 3 nitrogen and oxygen atoms in total. The van der Waals surface area contributed by atoms with E-state index in [4.69, 9.17) is 0 Å². The number of carbonyl (C=O) groups is 2. The minimum Gasteiger partial charge on any atom is -0.278 e. The van der Waals surface area contributed by atoms with E-state index in [0.717, 1.165) is 4.90 Å². The minimum atomic E-state index is -4.97. The number of halogens is 6. The van der Waals surface area contributed by atoms with Crippen LogP contribution in [0.4, 0.5) is 26.3 Å². The molecule has 0 radical (unpaired) electrons. The summed E-state index contributed by atoms with van der Waals surface area (Å²) in [7, 11) is 0. The van der Waals surface area contributed by atoms with Crippen LogP contribution in [0.15, 0.2) is 42.5 Å². The maximum absolute atomic E-state index is 13.0. The Bertz CT molecular complexity index is 872. The van der Waals surface area contributed by atoms with Crippen LogP contribution >= 0.6 is 0 Å². The first kappa shape index (κ1) is 22.4. The van der Waals surface area contributed by atoms with Crippen molar-refractivity contribution in [3.8, 4) is 0 Å². The molecule has 0 aliphatic rings. The average molecular weight is 417 g/mol. The molecule has 1 atom stereocenters. The highest BCUT2D eigenvalue weighted by Crippen LogP contribution is 2.36. The largest absolute Gasteiger partial charge is 0.416 e. The van der Waals surface area contributed by atoms with E-state index in [1.807, 2.05) is 0 Å². The van der Waals surface area contributed by atoms with Gasteiger partial charge >= 0.3 is 12.4 Å². The average Bonchev–Trinajstić information content (AvgIpc) is 2.60. The lowest BCUT2D eigenvalue weighted by molar-refractivity contribution is -0.143. The van der Waals surface area contributed by atoms with Gasteiger partial charge in [-0.15, -0.1) is 0 Å². The van der Waals surface area contributed by atoms with Gasteiger partial charge in [0.25, 0.3) is 5.91 Å². The summed E-state index contributed by atoms with van der Waals surface area (Å²) in [5.74, 6) is -0.686. The first-order valence-electron chi connectivity index (χ1n) is 8.46. The Morgan fingerprint density at radius 3 is 1.97 bits per heavy atom. The van der Waals surface area contributed by atoms with E-state index in [0.29, 0.717) is 17.7 Å². The number of benzene rings is 2. The lowest BCUT2D eigenvalue weighted by Crippen LogP contribution is -2.39. The molecule has 0 N–H and O–H groups in total. The standard InChI is InChI=1S/C20H17F6NO2/c1-12-5-3-4-6-17(12)18(29)27(11-28)13(2)7-14-8-15(19(21,22)23)10-16(9-14)20(24,25)26/h3-6,8-11,13H,7H2,1-2H3/t13-/m1/s1.